The van der Waals surface area contributed by atoms with Crippen molar-refractivity contribution < 1.29 is 9.53 Å². The third-order valence-electron chi connectivity index (χ3n) is 4.68. The first-order valence-corrected chi connectivity index (χ1v) is 10.2. The number of urea groups is 1. The van der Waals surface area contributed by atoms with Crippen LogP contribution in [0.25, 0.3) is 0 Å². The zero-order valence-corrected chi connectivity index (χ0v) is 16.1. The molecule has 1 aromatic heterocycles. The van der Waals surface area contributed by atoms with E-state index in [1.807, 2.05) is 42.5 Å². The van der Waals surface area contributed by atoms with Gasteiger partial charge in [0.05, 0.1) is 12.3 Å². The molecule has 2 N–H and O–H groups in total. The lowest BCUT2D eigenvalue weighted by Crippen LogP contribution is -2.40. The van der Waals surface area contributed by atoms with Gasteiger partial charge in [0.25, 0.3) is 0 Å². The molecule has 5 nitrogen and oxygen atoms in total. The summed E-state index contributed by atoms with van der Waals surface area (Å²) in [6.45, 7) is 6.22. The minimum absolute atomic E-state index is 0.189. The molecule has 2 aromatic rings. The summed E-state index contributed by atoms with van der Waals surface area (Å²) in [6, 6.07) is 11.7. The zero-order chi connectivity index (χ0) is 18.2. The Kier molecular flexibility index (Phi) is 6.91. The van der Waals surface area contributed by atoms with Crippen molar-refractivity contribution in [1.29, 1.82) is 0 Å². The molecule has 0 unspecified atom stereocenters. The fourth-order valence-electron chi connectivity index (χ4n) is 3.31. The maximum absolute atomic E-state index is 12.1. The summed E-state index contributed by atoms with van der Waals surface area (Å²) in [7, 11) is 0. The fourth-order valence-corrected chi connectivity index (χ4v) is 4.21. The maximum Gasteiger partial charge on any atom is 0.319 e. The number of rotatable bonds is 7. The van der Waals surface area contributed by atoms with Crippen molar-refractivity contribution in [3.05, 3.63) is 46.7 Å². The highest BCUT2D eigenvalue weighted by Crippen LogP contribution is 2.30. The van der Waals surface area contributed by atoms with Gasteiger partial charge in [0.1, 0.15) is 5.75 Å². The third-order valence-corrected chi connectivity index (χ3v) is 5.72. The lowest BCUT2D eigenvalue weighted by Gasteiger charge is -2.31. The van der Waals surface area contributed by atoms with Gasteiger partial charge in [-0.3, -0.25) is 0 Å². The molecule has 1 aromatic carbocycles. The molecule has 0 bridgehead atoms. The van der Waals surface area contributed by atoms with Crippen molar-refractivity contribution >= 4 is 23.1 Å². The van der Waals surface area contributed by atoms with Gasteiger partial charge in [-0.25, -0.2) is 4.79 Å². The van der Waals surface area contributed by atoms with Crippen LogP contribution in [0, 0.1) is 0 Å². The first-order valence-electron chi connectivity index (χ1n) is 9.28. The van der Waals surface area contributed by atoms with Gasteiger partial charge in [-0.2, -0.15) is 0 Å². The van der Waals surface area contributed by atoms with E-state index in [9.17, 15) is 4.79 Å². The summed E-state index contributed by atoms with van der Waals surface area (Å²) in [5.74, 6) is 1.40. The Labute approximate surface area is 159 Å². The summed E-state index contributed by atoms with van der Waals surface area (Å²) in [5.41, 5.74) is 0.698. The summed E-state index contributed by atoms with van der Waals surface area (Å²) >= 11 is 1.86. The first-order chi connectivity index (χ1) is 12.8. The molecule has 2 amide bonds. The average molecular weight is 374 g/mol. The third kappa shape index (κ3) is 5.22. The zero-order valence-electron chi connectivity index (χ0n) is 15.2. The molecule has 3 rings (SSSR count). The van der Waals surface area contributed by atoms with Gasteiger partial charge >= 0.3 is 6.03 Å². The molecule has 1 aliphatic rings. The number of para-hydroxylation sites is 2. The largest absolute Gasteiger partial charge is 0.492 e. The SMILES string of the molecule is CCOc1ccccc1NC(=O)NCCN1CCC(c2cccs2)CC1. The second-order valence-electron chi connectivity index (χ2n) is 6.44. The number of anilines is 1. The maximum atomic E-state index is 12.1. The molecule has 1 fully saturated rings. The van der Waals surface area contributed by atoms with E-state index in [1.165, 1.54) is 17.7 Å². The molecular formula is C20H27N3O2S. The number of ether oxygens (including phenoxy) is 1. The van der Waals surface area contributed by atoms with E-state index in [0.29, 0.717) is 30.5 Å². The molecule has 2 heterocycles. The molecule has 0 aliphatic carbocycles. The van der Waals surface area contributed by atoms with Crippen LogP contribution in [0.5, 0.6) is 5.75 Å². The molecular weight excluding hydrogens is 346 g/mol. The normalized spacial score (nSPS) is 15.6. The smallest absolute Gasteiger partial charge is 0.319 e. The number of hydrogen-bond acceptors (Lipinski definition) is 4. The molecule has 1 saturated heterocycles. The molecule has 1 aliphatic heterocycles. The number of thiophene rings is 1. The van der Waals surface area contributed by atoms with E-state index in [-0.39, 0.29) is 6.03 Å². The number of carbonyl (C=O) groups is 1. The van der Waals surface area contributed by atoms with Crippen molar-refractivity contribution in [3.63, 3.8) is 0 Å². The lowest BCUT2D eigenvalue weighted by atomic mass is 9.95. The van der Waals surface area contributed by atoms with Gasteiger partial charge in [-0.1, -0.05) is 18.2 Å². The standard InChI is InChI=1S/C20H27N3O2S/c1-2-25-18-7-4-3-6-17(18)22-20(24)21-11-14-23-12-9-16(10-13-23)19-8-5-15-26-19/h3-8,15-16H,2,9-14H2,1H3,(H2,21,22,24). The van der Waals surface area contributed by atoms with Crippen LogP contribution in [0.15, 0.2) is 41.8 Å². The number of hydrogen-bond donors (Lipinski definition) is 2. The molecule has 0 spiro atoms. The Bertz CT molecular complexity index is 682. The Morgan fingerprint density at radius 2 is 2.04 bits per heavy atom. The van der Waals surface area contributed by atoms with E-state index < -0.39 is 0 Å². The van der Waals surface area contributed by atoms with Crippen LogP contribution in [-0.2, 0) is 0 Å². The highest BCUT2D eigenvalue weighted by molar-refractivity contribution is 7.10. The quantitative estimate of drug-likeness (QED) is 0.767. The molecule has 0 atom stereocenters. The number of benzene rings is 1. The Balaban J connectivity index is 1.37. The van der Waals surface area contributed by atoms with E-state index >= 15 is 0 Å². The van der Waals surface area contributed by atoms with Gasteiger partial charge in [0, 0.05) is 18.0 Å². The number of carbonyl (C=O) groups excluding carboxylic acids is 1. The van der Waals surface area contributed by atoms with Crippen molar-refractivity contribution in [1.82, 2.24) is 10.2 Å². The van der Waals surface area contributed by atoms with Crippen LogP contribution in [-0.4, -0.2) is 43.7 Å². The van der Waals surface area contributed by atoms with E-state index in [4.69, 9.17) is 4.74 Å². The number of piperidine rings is 1. The molecule has 0 radical (unpaired) electrons. The van der Waals surface area contributed by atoms with E-state index in [1.54, 1.807) is 0 Å². The van der Waals surface area contributed by atoms with Crippen molar-refractivity contribution in [2.24, 2.45) is 0 Å². The predicted octanol–water partition coefficient (Wildman–Crippen LogP) is 4.15. The minimum Gasteiger partial charge on any atom is -0.492 e. The monoisotopic (exact) mass is 373 g/mol. The minimum atomic E-state index is -0.189. The first kappa shape index (κ1) is 18.7. The topological polar surface area (TPSA) is 53.6 Å². The highest BCUT2D eigenvalue weighted by atomic mass is 32.1. The molecule has 26 heavy (non-hydrogen) atoms. The number of nitrogens with one attached hydrogen (secondary N) is 2. The van der Waals surface area contributed by atoms with Gasteiger partial charge in [0.2, 0.25) is 0 Å². The number of nitrogens with zero attached hydrogens (tertiary/aromatic N) is 1. The second kappa shape index (κ2) is 9.59. The summed E-state index contributed by atoms with van der Waals surface area (Å²) in [6.07, 6.45) is 2.41. The van der Waals surface area contributed by atoms with E-state index in [2.05, 4.69) is 33.0 Å². The van der Waals surface area contributed by atoms with Gasteiger partial charge in [-0.05, 0) is 62.4 Å². The van der Waals surface area contributed by atoms with E-state index in [0.717, 1.165) is 19.6 Å². The highest BCUT2D eigenvalue weighted by Gasteiger charge is 2.20. The van der Waals surface area contributed by atoms with Crippen LogP contribution in [0.3, 0.4) is 0 Å². The Morgan fingerprint density at radius 3 is 2.77 bits per heavy atom. The fraction of sp³-hybridized carbons (Fsp3) is 0.450. The van der Waals surface area contributed by atoms with Crippen LogP contribution < -0.4 is 15.4 Å². The van der Waals surface area contributed by atoms with Gasteiger partial charge in [-0.15, -0.1) is 11.3 Å². The summed E-state index contributed by atoms with van der Waals surface area (Å²) < 4.78 is 5.53. The van der Waals surface area contributed by atoms with Crippen molar-refractivity contribution in [2.45, 2.75) is 25.7 Å². The van der Waals surface area contributed by atoms with Gasteiger partial charge in [0.15, 0.2) is 0 Å². The van der Waals surface area contributed by atoms with Crippen molar-refractivity contribution in [2.75, 3.05) is 38.1 Å². The van der Waals surface area contributed by atoms with Crippen molar-refractivity contribution in [3.8, 4) is 5.75 Å². The molecule has 140 valence electrons. The lowest BCUT2D eigenvalue weighted by molar-refractivity contribution is 0.212. The summed E-state index contributed by atoms with van der Waals surface area (Å²) in [4.78, 5) is 16.1. The predicted molar refractivity (Wildman–Crippen MR) is 107 cm³/mol. The number of likely N-dealkylation sites (tertiary alicyclic amines) is 1. The number of amides is 2. The Hall–Kier alpha value is -2.05. The van der Waals surface area contributed by atoms with Gasteiger partial charge < -0.3 is 20.3 Å². The molecule has 0 saturated carbocycles. The summed E-state index contributed by atoms with van der Waals surface area (Å²) in [5, 5.41) is 7.97. The van der Waals surface area contributed by atoms with Crippen LogP contribution in [0.2, 0.25) is 0 Å². The second-order valence-corrected chi connectivity index (χ2v) is 7.42. The Morgan fingerprint density at radius 1 is 1.23 bits per heavy atom. The van der Waals surface area contributed by atoms with Crippen LogP contribution in [0.4, 0.5) is 10.5 Å². The molecule has 6 heteroatoms. The van der Waals surface area contributed by atoms with Crippen LogP contribution >= 0.6 is 11.3 Å². The average Bonchev–Trinajstić information content (AvgIpc) is 3.19. The van der Waals surface area contributed by atoms with Crippen LogP contribution in [0.1, 0.15) is 30.6 Å².